The predicted molar refractivity (Wildman–Crippen MR) is 60.9 cm³/mol. The van der Waals surface area contributed by atoms with Gasteiger partial charge in [-0.3, -0.25) is 9.59 Å². The van der Waals surface area contributed by atoms with Crippen molar-refractivity contribution in [1.82, 2.24) is 10.6 Å². The third kappa shape index (κ3) is 5.44. The van der Waals surface area contributed by atoms with E-state index in [4.69, 9.17) is 5.11 Å². The van der Waals surface area contributed by atoms with E-state index in [2.05, 4.69) is 10.6 Å². The Bertz CT molecular complexity index is 371. The topological polar surface area (TPSA) is 153 Å². The van der Waals surface area contributed by atoms with Gasteiger partial charge in [0.25, 0.3) is 0 Å². The lowest BCUT2D eigenvalue weighted by molar-refractivity contribution is -0.155. The van der Waals surface area contributed by atoms with Crippen molar-refractivity contribution in [2.24, 2.45) is 0 Å². The van der Waals surface area contributed by atoms with E-state index in [9.17, 15) is 29.4 Å². The van der Waals surface area contributed by atoms with Crippen LogP contribution >= 0.6 is 0 Å². The predicted octanol–water partition coefficient (Wildman–Crippen LogP) is -3.00. The van der Waals surface area contributed by atoms with Crippen molar-refractivity contribution in [3.8, 4) is 0 Å². The van der Waals surface area contributed by atoms with Crippen LogP contribution in [-0.2, 0) is 19.2 Å². The lowest BCUT2D eigenvalue weighted by Crippen LogP contribution is -2.61. The molecule has 0 aromatic rings. The van der Waals surface area contributed by atoms with E-state index >= 15 is 0 Å². The largest absolute Gasteiger partial charge is 0.479 e. The summed E-state index contributed by atoms with van der Waals surface area (Å²) in [5.74, 6) is -3.02. The molecule has 19 heavy (non-hydrogen) atoms. The second-order valence-electron chi connectivity index (χ2n) is 3.86. The van der Waals surface area contributed by atoms with E-state index in [1.807, 2.05) is 0 Å². The highest BCUT2D eigenvalue weighted by molar-refractivity contribution is 5.80. The van der Waals surface area contributed by atoms with Crippen LogP contribution in [0, 0.1) is 0 Å². The molecular weight excluding hydrogens is 260 g/mol. The van der Waals surface area contributed by atoms with E-state index in [1.54, 1.807) is 0 Å². The molecule has 108 valence electrons. The lowest BCUT2D eigenvalue weighted by Gasteiger charge is -2.29. The summed E-state index contributed by atoms with van der Waals surface area (Å²) in [5, 5.41) is 31.7. The van der Waals surface area contributed by atoms with Gasteiger partial charge < -0.3 is 30.7 Å². The lowest BCUT2D eigenvalue weighted by atomic mass is 9.98. The Balaban J connectivity index is 5.16. The Kier molecular flexibility index (Phi) is 6.66. The van der Waals surface area contributed by atoms with Gasteiger partial charge in [-0.05, 0) is 0 Å². The molecule has 0 saturated heterocycles. The number of hydrogen-bond donors (Lipinski definition) is 5. The van der Waals surface area contributed by atoms with Crippen molar-refractivity contribution in [3.63, 3.8) is 0 Å². The molecule has 0 unspecified atom stereocenters. The minimum atomic E-state index is -2.21. The molecule has 5 N–H and O–H groups in total. The zero-order valence-electron chi connectivity index (χ0n) is 10.4. The van der Waals surface area contributed by atoms with Crippen LogP contribution in [-0.4, -0.2) is 63.7 Å². The third-order valence-corrected chi connectivity index (χ3v) is 2.22. The molecule has 0 fully saturated rings. The first-order valence-corrected chi connectivity index (χ1v) is 5.29. The van der Waals surface area contributed by atoms with Crippen LogP contribution in [0.25, 0.3) is 0 Å². The van der Waals surface area contributed by atoms with Crippen LogP contribution in [0.15, 0.2) is 0 Å². The Morgan fingerprint density at radius 2 is 1.53 bits per heavy atom. The first-order valence-electron chi connectivity index (χ1n) is 5.29. The number of aldehydes is 1. The minimum Gasteiger partial charge on any atom is -0.479 e. The van der Waals surface area contributed by atoms with E-state index in [-0.39, 0.29) is 6.29 Å². The first kappa shape index (κ1) is 17.0. The Hall–Kier alpha value is -2.00. The van der Waals surface area contributed by atoms with Crippen molar-refractivity contribution in [2.45, 2.75) is 38.1 Å². The number of carbonyl (C=O) groups is 4. The Labute approximate surface area is 108 Å². The SMILES string of the molecule is CC(=O)N[C@@H]([C@H](O)[C@@H](O)C(=O)O)[C@@H](C=O)NC(C)=O. The molecule has 0 aliphatic carbocycles. The van der Waals surface area contributed by atoms with Gasteiger partial charge in [0.2, 0.25) is 11.8 Å². The standard InChI is InChI=1S/C10H16N2O7/c1-4(14)11-6(3-13)7(12-5(2)15)8(16)9(17)10(18)19/h3,6-9,16-17H,1-2H3,(H,11,14)(H,12,15)(H,18,19)/t6-,7-,8+,9-/m1/s1. The molecule has 4 atom stereocenters. The number of hydrogen-bond acceptors (Lipinski definition) is 6. The molecule has 0 aliphatic heterocycles. The van der Waals surface area contributed by atoms with Crippen molar-refractivity contribution in [1.29, 1.82) is 0 Å². The fourth-order valence-electron chi connectivity index (χ4n) is 1.41. The first-order chi connectivity index (χ1) is 8.70. The number of aliphatic hydroxyl groups excluding tert-OH is 2. The molecule has 9 heteroatoms. The fourth-order valence-corrected chi connectivity index (χ4v) is 1.41. The van der Waals surface area contributed by atoms with Crippen molar-refractivity contribution in [3.05, 3.63) is 0 Å². The van der Waals surface area contributed by atoms with Crippen molar-refractivity contribution < 1.29 is 34.5 Å². The quantitative estimate of drug-likeness (QED) is 0.310. The molecule has 0 spiro atoms. The summed E-state index contributed by atoms with van der Waals surface area (Å²) in [5.41, 5.74) is 0. The summed E-state index contributed by atoms with van der Waals surface area (Å²) in [7, 11) is 0. The number of carboxylic acid groups (broad SMARTS) is 1. The molecule has 0 radical (unpaired) electrons. The van der Waals surface area contributed by atoms with Crippen molar-refractivity contribution in [2.75, 3.05) is 0 Å². The summed E-state index contributed by atoms with van der Waals surface area (Å²) in [4.78, 5) is 43.3. The molecule has 0 aliphatic rings. The zero-order valence-corrected chi connectivity index (χ0v) is 10.4. The van der Waals surface area contributed by atoms with Crippen LogP contribution in [0.1, 0.15) is 13.8 Å². The van der Waals surface area contributed by atoms with Gasteiger partial charge in [0, 0.05) is 13.8 Å². The molecule has 9 nitrogen and oxygen atoms in total. The normalized spacial score (nSPS) is 16.6. The number of aliphatic hydroxyl groups is 2. The Morgan fingerprint density at radius 3 is 1.84 bits per heavy atom. The number of rotatable bonds is 7. The van der Waals surface area contributed by atoms with Gasteiger partial charge in [0.05, 0.1) is 6.04 Å². The van der Waals surface area contributed by atoms with E-state index in [0.29, 0.717) is 0 Å². The summed E-state index contributed by atoms with van der Waals surface area (Å²) in [6, 6.07) is -2.84. The van der Waals surface area contributed by atoms with Crippen LogP contribution in [0.3, 0.4) is 0 Å². The zero-order chi connectivity index (χ0) is 15.2. The van der Waals surface area contributed by atoms with Crippen LogP contribution < -0.4 is 10.6 Å². The van der Waals surface area contributed by atoms with Gasteiger partial charge in [-0.2, -0.15) is 0 Å². The highest BCUT2D eigenvalue weighted by Crippen LogP contribution is 2.05. The maximum Gasteiger partial charge on any atom is 0.335 e. The number of carbonyl (C=O) groups excluding carboxylic acids is 3. The summed E-state index contributed by atoms with van der Waals surface area (Å²) in [6.45, 7) is 2.17. The van der Waals surface area contributed by atoms with Gasteiger partial charge in [-0.15, -0.1) is 0 Å². The fraction of sp³-hybridized carbons (Fsp3) is 0.600. The molecule has 0 aromatic heterocycles. The molecule has 0 saturated carbocycles. The van der Waals surface area contributed by atoms with E-state index < -0.39 is 42.1 Å². The summed E-state index contributed by atoms with van der Waals surface area (Å²) < 4.78 is 0. The van der Waals surface area contributed by atoms with Crippen LogP contribution in [0.4, 0.5) is 0 Å². The second kappa shape index (κ2) is 7.44. The number of carboxylic acids is 1. The molecule has 0 rings (SSSR count). The third-order valence-electron chi connectivity index (χ3n) is 2.22. The maximum atomic E-state index is 11.0. The monoisotopic (exact) mass is 276 g/mol. The van der Waals surface area contributed by atoms with E-state index in [0.717, 1.165) is 13.8 Å². The van der Waals surface area contributed by atoms with Gasteiger partial charge in [-0.25, -0.2) is 4.79 Å². The van der Waals surface area contributed by atoms with Crippen LogP contribution in [0.2, 0.25) is 0 Å². The number of nitrogens with one attached hydrogen (secondary N) is 2. The average Bonchev–Trinajstić information content (AvgIpc) is 2.30. The molecular formula is C10H16N2O7. The molecule has 0 aromatic carbocycles. The smallest absolute Gasteiger partial charge is 0.335 e. The minimum absolute atomic E-state index is 0.222. The summed E-state index contributed by atoms with van der Waals surface area (Å²) >= 11 is 0. The van der Waals surface area contributed by atoms with E-state index in [1.165, 1.54) is 0 Å². The van der Waals surface area contributed by atoms with Gasteiger partial charge in [0.1, 0.15) is 18.4 Å². The highest BCUT2D eigenvalue weighted by atomic mass is 16.4. The van der Waals surface area contributed by atoms with Gasteiger partial charge >= 0.3 is 5.97 Å². The number of aliphatic carboxylic acids is 1. The average molecular weight is 276 g/mol. The molecule has 0 bridgehead atoms. The van der Waals surface area contributed by atoms with Crippen LogP contribution in [0.5, 0.6) is 0 Å². The number of amides is 2. The Morgan fingerprint density at radius 1 is 1.05 bits per heavy atom. The second-order valence-corrected chi connectivity index (χ2v) is 3.86. The van der Waals surface area contributed by atoms with Crippen molar-refractivity contribution >= 4 is 24.1 Å². The van der Waals surface area contributed by atoms with Gasteiger partial charge in [0.15, 0.2) is 6.10 Å². The van der Waals surface area contributed by atoms with Gasteiger partial charge in [-0.1, -0.05) is 0 Å². The maximum absolute atomic E-state index is 11.0. The highest BCUT2D eigenvalue weighted by Gasteiger charge is 2.37. The molecule has 0 heterocycles. The molecule has 2 amide bonds. The summed E-state index contributed by atoms with van der Waals surface area (Å²) in [6.07, 6.45) is -3.96.